The van der Waals surface area contributed by atoms with Gasteiger partial charge in [0, 0.05) is 17.4 Å². The van der Waals surface area contributed by atoms with E-state index in [1.54, 1.807) is 31.2 Å². The highest BCUT2D eigenvalue weighted by atomic mass is 19.1. The fourth-order valence-electron chi connectivity index (χ4n) is 3.98. The second kappa shape index (κ2) is 9.43. The molecule has 1 amide bonds. The Morgan fingerprint density at radius 1 is 0.943 bits per heavy atom. The number of imidazole rings is 1. The first-order valence-corrected chi connectivity index (χ1v) is 11.3. The number of pyridine rings is 1. The predicted octanol–water partition coefficient (Wildman–Crippen LogP) is 6.73. The number of fused-ring (bicyclic) bond motifs is 1. The van der Waals surface area contributed by atoms with Crippen molar-refractivity contribution in [1.82, 2.24) is 9.38 Å². The topological polar surface area (TPSA) is 55.6 Å². The first-order valence-electron chi connectivity index (χ1n) is 11.3. The number of halogens is 1. The van der Waals surface area contributed by atoms with Crippen LogP contribution in [-0.2, 0) is 11.2 Å². The van der Waals surface area contributed by atoms with Crippen molar-refractivity contribution in [3.8, 4) is 22.8 Å². The summed E-state index contributed by atoms with van der Waals surface area (Å²) in [7, 11) is 0. The minimum atomic E-state index is -0.271. The van der Waals surface area contributed by atoms with Gasteiger partial charge in [-0.15, -0.1) is 0 Å². The number of rotatable bonds is 6. The lowest BCUT2D eigenvalue weighted by Crippen LogP contribution is -2.16. The number of aryl methyl sites for hydroxylation is 2. The third-order valence-electron chi connectivity index (χ3n) is 5.74. The molecule has 0 unspecified atom stereocenters. The van der Waals surface area contributed by atoms with Crippen LogP contribution in [-0.4, -0.2) is 15.3 Å². The summed E-state index contributed by atoms with van der Waals surface area (Å²) in [6.07, 6.45) is 2.07. The zero-order chi connectivity index (χ0) is 24.4. The Morgan fingerprint density at radius 2 is 1.69 bits per heavy atom. The highest BCUT2D eigenvalue weighted by Gasteiger charge is 2.18. The van der Waals surface area contributed by atoms with Gasteiger partial charge in [-0.05, 0) is 85.6 Å². The number of hydrogen-bond donors (Lipinski definition) is 1. The molecule has 0 saturated carbocycles. The fourth-order valence-corrected chi connectivity index (χ4v) is 3.98. The summed E-state index contributed by atoms with van der Waals surface area (Å²) in [6.45, 7) is 3.71. The van der Waals surface area contributed by atoms with E-state index >= 15 is 0 Å². The predicted molar refractivity (Wildman–Crippen MR) is 135 cm³/mol. The summed E-state index contributed by atoms with van der Waals surface area (Å²) in [5.74, 6) is 0.980. The standard InChI is InChI=1S/C29H24FN3O2/c1-19-8-15-27-32-29(21-9-14-25(30)20(2)16-21)26(33(27)18-19)17-28(34)31-22-10-12-24(13-11-22)35-23-6-4-3-5-7-23/h3-16,18H,17H2,1-2H3,(H,31,34). The zero-order valence-electron chi connectivity index (χ0n) is 19.5. The first-order chi connectivity index (χ1) is 17.0. The lowest BCUT2D eigenvalue weighted by atomic mass is 10.1. The molecule has 0 fully saturated rings. The number of ether oxygens (including phenoxy) is 1. The number of para-hydroxylation sites is 1. The number of carbonyl (C=O) groups excluding carboxylic acids is 1. The van der Waals surface area contributed by atoms with Gasteiger partial charge in [-0.3, -0.25) is 4.79 Å². The van der Waals surface area contributed by atoms with Crippen molar-refractivity contribution in [1.29, 1.82) is 0 Å². The van der Waals surface area contributed by atoms with Crippen LogP contribution < -0.4 is 10.1 Å². The normalized spacial score (nSPS) is 10.9. The minimum absolute atomic E-state index is 0.110. The van der Waals surface area contributed by atoms with E-state index in [2.05, 4.69) is 5.32 Å². The number of hydrogen-bond acceptors (Lipinski definition) is 3. The molecule has 5 rings (SSSR count). The molecule has 5 nitrogen and oxygen atoms in total. The van der Waals surface area contributed by atoms with E-state index < -0.39 is 0 Å². The summed E-state index contributed by atoms with van der Waals surface area (Å²) in [6, 6.07) is 25.5. The molecule has 0 spiro atoms. The second-order valence-corrected chi connectivity index (χ2v) is 8.47. The van der Waals surface area contributed by atoms with Crippen LogP contribution in [0.1, 0.15) is 16.8 Å². The van der Waals surface area contributed by atoms with E-state index in [9.17, 15) is 9.18 Å². The van der Waals surface area contributed by atoms with Gasteiger partial charge in [0.1, 0.15) is 23.0 Å². The van der Waals surface area contributed by atoms with E-state index in [1.807, 2.05) is 72.1 Å². The molecule has 2 heterocycles. The lowest BCUT2D eigenvalue weighted by molar-refractivity contribution is -0.115. The van der Waals surface area contributed by atoms with Crippen molar-refractivity contribution >= 4 is 17.2 Å². The molecule has 6 heteroatoms. The van der Waals surface area contributed by atoms with Gasteiger partial charge < -0.3 is 14.5 Å². The van der Waals surface area contributed by atoms with Gasteiger partial charge in [0.2, 0.25) is 5.91 Å². The number of benzene rings is 3. The second-order valence-electron chi connectivity index (χ2n) is 8.47. The van der Waals surface area contributed by atoms with E-state index in [0.717, 1.165) is 28.2 Å². The highest BCUT2D eigenvalue weighted by molar-refractivity contribution is 5.93. The van der Waals surface area contributed by atoms with Crippen LogP contribution in [0.25, 0.3) is 16.9 Å². The van der Waals surface area contributed by atoms with Gasteiger partial charge >= 0.3 is 0 Å². The number of aromatic nitrogens is 2. The van der Waals surface area contributed by atoms with Gasteiger partial charge in [0.15, 0.2) is 0 Å². The molecule has 0 radical (unpaired) electrons. The van der Waals surface area contributed by atoms with Crippen molar-refractivity contribution in [3.05, 3.63) is 114 Å². The van der Waals surface area contributed by atoms with Crippen LogP contribution in [0.2, 0.25) is 0 Å². The third kappa shape index (κ3) is 4.92. The van der Waals surface area contributed by atoms with Crippen LogP contribution in [0, 0.1) is 19.7 Å². The van der Waals surface area contributed by atoms with E-state index in [0.29, 0.717) is 22.7 Å². The number of nitrogens with one attached hydrogen (secondary N) is 1. The van der Waals surface area contributed by atoms with Gasteiger partial charge in [0.25, 0.3) is 0 Å². The van der Waals surface area contributed by atoms with Crippen LogP contribution in [0.4, 0.5) is 10.1 Å². The van der Waals surface area contributed by atoms with Crippen LogP contribution in [0.15, 0.2) is 91.1 Å². The Morgan fingerprint density at radius 3 is 2.43 bits per heavy atom. The number of carbonyl (C=O) groups is 1. The summed E-state index contributed by atoms with van der Waals surface area (Å²) in [5, 5.41) is 2.95. The molecular weight excluding hydrogens is 441 g/mol. The van der Waals surface area contributed by atoms with E-state index in [1.165, 1.54) is 6.07 Å². The Kier molecular flexibility index (Phi) is 6.02. The Hall–Kier alpha value is -4.45. The van der Waals surface area contributed by atoms with E-state index in [-0.39, 0.29) is 18.1 Å². The monoisotopic (exact) mass is 465 g/mol. The molecule has 0 aliphatic heterocycles. The maximum absolute atomic E-state index is 13.9. The average Bonchev–Trinajstić information content (AvgIpc) is 3.20. The number of nitrogens with zero attached hydrogens (tertiary/aromatic N) is 2. The quantitative estimate of drug-likeness (QED) is 0.302. The summed E-state index contributed by atoms with van der Waals surface area (Å²) in [4.78, 5) is 17.8. The van der Waals surface area contributed by atoms with Gasteiger partial charge in [-0.25, -0.2) is 9.37 Å². The number of amides is 1. The molecule has 0 aliphatic rings. The molecule has 0 saturated heterocycles. The van der Waals surface area contributed by atoms with Gasteiger partial charge in [0.05, 0.1) is 17.8 Å². The number of anilines is 1. The Bertz CT molecular complexity index is 1510. The molecule has 0 atom stereocenters. The van der Waals surface area contributed by atoms with Crippen molar-refractivity contribution in [3.63, 3.8) is 0 Å². The molecule has 5 aromatic rings. The highest BCUT2D eigenvalue weighted by Crippen LogP contribution is 2.28. The summed E-state index contributed by atoms with van der Waals surface area (Å²) < 4.78 is 21.6. The molecule has 0 aliphatic carbocycles. The molecular formula is C29H24FN3O2. The maximum Gasteiger partial charge on any atom is 0.230 e. The first kappa shape index (κ1) is 22.3. The van der Waals surface area contributed by atoms with Crippen LogP contribution in [0.5, 0.6) is 11.5 Å². The van der Waals surface area contributed by atoms with Crippen molar-refractivity contribution in [2.75, 3.05) is 5.32 Å². The molecule has 174 valence electrons. The zero-order valence-corrected chi connectivity index (χ0v) is 19.5. The van der Waals surface area contributed by atoms with E-state index in [4.69, 9.17) is 9.72 Å². The fraction of sp³-hybridized carbons (Fsp3) is 0.103. The third-order valence-corrected chi connectivity index (χ3v) is 5.74. The molecule has 1 N–H and O–H groups in total. The van der Waals surface area contributed by atoms with Crippen LogP contribution in [0.3, 0.4) is 0 Å². The van der Waals surface area contributed by atoms with Crippen molar-refractivity contribution in [2.24, 2.45) is 0 Å². The summed E-state index contributed by atoms with van der Waals surface area (Å²) in [5.41, 5.74) is 5.17. The Balaban J connectivity index is 1.39. The molecule has 2 aromatic heterocycles. The smallest absolute Gasteiger partial charge is 0.230 e. The van der Waals surface area contributed by atoms with Crippen molar-refractivity contribution in [2.45, 2.75) is 20.3 Å². The van der Waals surface area contributed by atoms with Gasteiger partial charge in [-0.1, -0.05) is 24.3 Å². The average molecular weight is 466 g/mol. The minimum Gasteiger partial charge on any atom is -0.457 e. The lowest BCUT2D eigenvalue weighted by Gasteiger charge is -2.10. The summed E-state index contributed by atoms with van der Waals surface area (Å²) >= 11 is 0. The molecule has 35 heavy (non-hydrogen) atoms. The van der Waals surface area contributed by atoms with Crippen LogP contribution >= 0.6 is 0 Å². The Labute approximate surface area is 202 Å². The SMILES string of the molecule is Cc1ccc2nc(-c3ccc(F)c(C)c3)c(CC(=O)Nc3ccc(Oc4ccccc4)cc3)n2c1. The van der Waals surface area contributed by atoms with Crippen molar-refractivity contribution < 1.29 is 13.9 Å². The molecule has 3 aromatic carbocycles. The maximum atomic E-state index is 13.9. The molecule has 0 bridgehead atoms. The largest absolute Gasteiger partial charge is 0.457 e. The van der Waals surface area contributed by atoms with Gasteiger partial charge in [-0.2, -0.15) is 0 Å².